The number of thiocarbonyl (C=S) groups is 1. The van der Waals surface area contributed by atoms with Crippen LogP contribution in [-0.2, 0) is 4.79 Å². The fourth-order valence-corrected chi connectivity index (χ4v) is 2.31. The summed E-state index contributed by atoms with van der Waals surface area (Å²) in [6.45, 7) is 0. The number of benzene rings is 1. The summed E-state index contributed by atoms with van der Waals surface area (Å²) in [5.41, 5.74) is 0.614. The van der Waals surface area contributed by atoms with Crippen molar-refractivity contribution in [2.45, 2.75) is 5.25 Å². The zero-order valence-corrected chi connectivity index (χ0v) is 11.7. The molecule has 1 unspecified atom stereocenters. The summed E-state index contributed by atoms with van der Waals surface area (Å²) in [7, 11) is 3.53. The van der Waals surface area contributed by atoms with Crippen LogP contribution in [-0.4, -0.2) is 29.3 Å². The van der Waals surface area contributed by atoms with Gasteiger partial charge in [-0.05, 0) is 17.7 Å². The first-order chi connectivity index (χ1) is 7.91. The van der Waals surface area contributed by atoms with Crippen molar-refractivity contribution < 1.29 is 9.90 Å². The van der Waals surface area contributed by atoms with Crippen molar-refractivity contribution in [1.29, 1.82) is 0 Å². The van der Waals surface area contributed by atoms with Crippen LogP contribution in [0.15, 0.2) is 24.3 Å². The lowest BCUT2D eigenvalue weighted by molar-refractivity contribution is -0.305. The molecule has 0 amide bonds. The number of nitrogens with zero attached hydrogens (tertiary/aromatic N) is 1. The average Bonchev–Trinajstić information content (AvgIpc) is 2.26. The second kappa shape index (κ2) is 6.23. The van der Waals surface area contributed by atoms with Gasteiger partial charge in [0.05, 0.1) is 11.2 Å². The molecule has 0 saturated heterocycles. The van der Waals surface area contributed by atoms with E-state index in [0.29, 0.717) is 14.9 Å². The summed E-state index contributed by atoms with van der Waals surface area (Å²) < 4.78 is 0.495. The first kappa shape index (κ1) is 14.3. The highest BCUT2D eigenvalue weighted by Crippen LogP contribution is 2.30. The molecule has 92 valence electrons. The van der Waals surface area contributed by atoms with Crippen LogP contribution in [0.25, 0.3) is 0 Å². The molecule has 0 aliphatic carbocycles. The summed E-state index contributed by atoms with van der Waals surface area (Å²) in [5, 5.41) is 10.8. The van der Waals surface area contributed by atoms with Gasteiger partial charge in [-0.25, -0.2) is 0 Å². The molecule has 0 N–H and O–H groups in total. The van der Waals surface area contributed by atoms with E-state index in [9.17, 15) is 9.90 Å². The minimum absolute atomic E-state index is 0.495. The number of halogens is 1. The molecule has 0 aromatic heterocycles. The highest BCUT2D eigenvalue weighted by atomic mass is 35.5. The van der Waals surface area contributed by atoms with Gasteiger partial charge in [-0.3, -0.25) is 0 Å². The van der Waals surface area contributed by atoms with E-state index in [2.05, 4.69) is 0 Å². The van der Waals surface area contributed by atoms with Crippen molar-refractivity contribution in [1.82, 2.24) is 4.90 Å². The van der Waals surface area contributed by atoms with Gasteiger partial charge in [0.25, 0.3) is 0 Å². The quantitative estimate of drug-likeness (QED) is 0.792. The first-order valence-corrected chi connectivity index (χ1v) is 6.42. The Bertz CT molecular complexity index is 420. The molecule has 0 heterocycles. The van der Waals surface area contributed by atoms with Crippen molar-refractivity contribution in [3.05, 3.63) is 34.9 Å². The molecule has 1 atom stereocenters. The van der Waals surface area contributed by atoms with Gasteiger partial charge < -0.3 is 14.8 Å². The van der Waals surface area contributed by atoms with Crippen LogP contribution in [0.3, 0.4) is 0 Å². The van der Waals surface area contributed by atoms with Gasteiger partial charge in [0, 0.05) is 19.1 Å². The molecule has 0 aliphatic heterocycles. The molecule has 0 aliphatic rings. The van der Waals surface area contributed by atoms with Crippen LogP contribution in [0.2, 0.25) is 5.02 Å². The van der Waals surface area contributed by atoms with E-state index in [0.717, 1.165) is 11.8 Å². The molecule has 6 heteroatoms. The molecule has 0 bridgehead atoms. The maximum atomic E-state index is 11.1. The molecule has 17 heavy (non-hydrogen) atoms. The highest BCUT2D eigenvalue weighted by molar-refractivity contribution is 8.23. The molecule has 1 rings (SSSR count). The Morgan fingerprint density at radius 1 is 1.41 bits per heavy atom. The lowest BCUT2D eigenvalue weighted by Crippen LogP contribution is -2.30. The Balaban J connectivity index is 2.90. The minimum atomic E-state index is -1.17. The van der Waals surface area contributed by atoms with Gasteiger partial charge >= 0.3 is 0 Å². The van der Waals surface area contributed by atoms with E-state index >= 15 is 0 Å². The third kappa shape index (κ3) is 4.18. The summed E-state index contributed by atoms with van der Waals surface area (Å²) in [6.07, 6.45) is 0. The molecule has 0 radical (unpaired) electrons. The zero-order chi connectivity index (χ0) is 13.0. The second-order valence-electron chi connectivity index (χ2n) is 3.53. The molecular weight excluding hydrogens is 278 g/mol. The monoisotopic (exact) mass is 288 g/mol. The number of carboxylic acids is 1. The van der Waals surface area contributed by atoms with Gasteiger partial charge in [0.2, 0.25) is 0 Å². The summed E-state index contributed by atoms with van der Waals surface area (Å²) in [4.78, 5) is 12.8. The summed E-state index contributed by atoms with van der Waals surface area (Å²) >= 11 is 11.9. The van der Waals surface area contributed by atoms with E-state index in [1.807, 2.05) is 0 Å². The number of thioether (sulfide) groups is 1. The van der Waals surface area contributed by atoms with Crippen molar-refractivity contribution in [2.24, 2.45) is 0 Å². The number of hydrogen-bond donors (Lipinski definition) is 0. The van der Waals surface area contributed by atoms with Gasteiger partial charge in [0.1, 0.15) is 4.32 Å². The van der Waals surface area contributed by atoms with Crippen LogP contribution in [0, 0.1) is 0 Å². The van der Waals surface area contributed by atoms with E-state index in [4.69, 9.17) is 23.8 Å². The first-order valence-electron chi connectivity index (χ1n) is 4.76. The molecule has 0 fully saturated rings. The Kier molecular flexibility index (Phi) is 5.24. The molecule has 0 saturated carbocycles. The van der Waals surface area contributed by atoms with Crippen LogP contribution in [0.1, 0.15) is 10.8 Å². The van der Waals surface area contributed by atoms with E-state index in [1.54, 1.807) is 43.3 Å². The maximum Gasteiger partial charge on any atom is 0.136 e. The van der Waals surface area contributed by atoms with Crippen molar-refractivity contribution in [3.63, 3.8) is 0 Å². The number of carboxylic acid groups (broad SMARTS) is 1. The van der Waals surface area contributed by atoms with Gasteiger partial charge in [-0.15, -0.1) is 0 Å². The van der Waals surface area contributed by atoms with Crippen LogP contribution < -0.4 is 5.11 Å². The molecule has 1 aromatic carbocycles. The highest BCUT2D eigenvalue weighted by Gasteiger charge is 2.16. The fraction of sp³-hybridized carbons (Fsp3) is 0.273. The van der Waals surface area contributed by atoms with Gasteiger partial charge in [0.15, 0.2) is 0 Å². The third-order valence-corrected chi connectivity index (χ3v) is 4.14. The third-order valence-electron chi connectivity index (χ3n) is 1.97. The zero-order valence-electron chi connectivity index (χ0n) is 9.34. The Hall–Kier alpha value is -0.780. The average molecular weight is 289 g/mol. The lowest BCUT2D eigenvalue weighted by atomic mass is 10.1. The van der Waals surface area contributed by atoms with E-state index in [-0.39, 0.29) is 0 Å². The Morgan fingerprint density at radius 3 is 2.35 bits per heavy atom. The molecule has 0 spiro atoms. The minimum Gasteiger partial charge on any atom is -0.549 e. The van der Waals surface area contributed by atoms with Crippen molar-refractivity contribution in [2.75, 3.05) is 14.1 Å². The summed E-state index contributed by atoms with van der Waals surface area (Å²) in [6, 6.07) is 6.61. The van der Waals surface area contributed by atoms with E-state index < -0.39 is 11.2 Å². The van der Waals surface area contributed by atoms with Crippen LogP contribution in [0.4, 0.5) is 0 Å². The van der Waals surface area contributed by atoms with Crippen molar-refractivity contribution in [3.8, 4) is 0 Å². The summed E-state index contributed by atoms with van der Waals surface area (Å²) in [5.74, 6) is -1.17. The normalized spacial score (nSPS) is 11.9. The SMILES string of the molecule is CN(C)C(=S)SC(C(=O)[O-])c1ccc(Cl)cc1. The second-order valence-corrected chi connectivity index (χ2v) is 5.70. The number of carbonyl (C=O) groups excluding carboxylic acids is 1. The Labute approximate surface area is 115 Å². The van der Waals surface area contributed by atoms with Gasteiger partial charge in [-0.2, -0.15) is 0 Å². The predicted octanol–water partition coefficient (Wildman–Crippen LogP) is 1.71. The lowest BCUT2D eigenvalue weighted by Gasteiger charge is -2.21. The molecular formula is C11H11ClNO2S2-. The molecule has 3 nitrogen and oxygen atoms in total. The van der Waals surface area contributed by atoms with Crippen LogP contribution in [0.5, 0.6) is 0 Å². The largest absolute Gasteiger partial charge is 0.549 e. The van der Waals surface area contributed by atoms with Gasteiger partial charge in [-0.1, -0.05) is 47.7 Å². The van der Waals surface area contributed by atoms with Crippen LogP contribution >= 0.6 is 35.6 Å². The fourth-order valence-electron chi connectivity index (χ4n) is 1.10. The Morgan fingerprint density at radius 2 is 1.94 bits per heavy atom. The maximum absolute atomic E-state index is 11.1. The van der Waals surface area contributed by atoms with E-state index in [1.165, 1.54) is 0 Å². The standard InChI is InChI=1S/C11H12ClNO2S2/c1-13(2)11(16)17-9(10(14)15)7-3-5-8(12)6-4-7/h3-6,9H,1-2H3,(H,14,15)/p-1. The number of rotatable bonds is 3. The smallest absolute Gasteiger partial charge is 0.136 e. The topological polar surface area (TPSA) is 43.4 Å². The molecule has 1 aromatic rings. The number of carbonyl (C=O) groups is 1. The number of aliphatic carboxylic acids is 1. The predicted molar refractivity (Wildman–Crippen MR) is 73.1 cm³/mol. The number of hydrogen-bond acceptors (Lipinski definition) is 4. The van der Waals surface area contributed by atoms with Crippen molar-refractivity contribution >= 4 is 45.9 Å².